The molecule has 1 fully saturated rings. The van der Waals surface area contributed by atoms with E-state index in [9.17, 15) is 0 Å². The van der Waals surface area contributed by atoms with Crippen LogP contribution >= 0.6 is 11.6 Å². The number of halogens is 1. The Morgan fingerprint density at radius 1 is 1.40 bits per heavy atom. The lowest BCUT2D eigenvalue weighted by atomic mass is 10.1. The molecule has 3 nitrogen and oxygen atoms in total. The summed E-state index contributed by atoms with van der Waals surface area (Å²) in [6.07, 6.45) is 2.52. The molecule has 1 aliphatic heterocycles. The second-order valence-corrected chi connectivity index (χ2v) is 6.35. The van der Waals surface area contributed by atoms with E-state index in [0.717, 1.165) is 30.8 Å². The molecule has 0 N–H and O–H groups in total. The maximum atomic E-state index is 6.36. The maximum Gasteiger partial charge on any atom is 0.128 e. The summed E-state index contributed by atoms with van der Waals surface area (Å²) < 4.78 is 8.16. The number of benzene rings is 1. The number of para-hydroxylation sites is 1. The van der Waals surface area contributed by atoms with E-state index in [1.165, 1.54) is 11.1 Å². The van der Waals surface area contributed by atoms with Crippen molar-refractivity contribution in [1.82, 2.24) is 9.55 Å². The van der Waals surface area contributed by atoms with Crippen molar-refractivity contribution < 1.29 is 4.74 Å². The van der Waals surface area contributed by atoms with Gasteiger partial charge in [0.15, 0.2) is 0 Å². The zero-order chi connectivity index (χ0) is 14.3. The minimum atomic E-state index is -0.106. The van der Waals surface area contributed by atoms with Crippen molar-refractivity contribution in [3.05, 3.63) is 29.6 Å². The number of rotatable bonds is 3. The van der Waals surface area contributed by atoms with Gasteiger partial charge in [0, 0.05) is 6.61 Å². The third kappa shape index (κ3) is 2.23. The monoisotopic (exact) mass is 292 g/mol. The van der Waals surface area contributed by atoms with Gasteiger partial charge in [0.2, 0.25) is 0 Å². The van der Waals surface area contributed by atoms with E-state index in [4.69, 9.17) is 21.3 Å². The van der Waals surface area contributed by atoms with Gasteiger partial charge in [0.05, 0.1) is 28.6 Å². The molecular formula is C16H21ClN2O. The van der Waals surface area contributed by atoms with Gasteiger partial charge in [-0.1, -0.05) is 12.1 Å². The molecular weight excluding hydrogens is 272 g/mol. The Hall–Kier alpha value is -1.06. The third-order valence-electron chi connectivity index (χ3n) is 4.21. The van der Waals surface area contributed by atoms with Gasteiger partial charge in [0.25, 0.3) is 0 Å². The Labute approximate surface area is 124 Å². The Bertz CT molecular complexity index is 614. The molecule has 0 amide bonds. The molecule has 108 valence electrons. The number of hydrogen-bond acceptors (Lipinski definition) is 2. The van der Waals surface area contributed by atoms with Crippen LogP contribution in [0.25, 0.3) is 11.0 Å². The summed E-state index contributed by atoms with van der Waals surface area (Å²) in [5.41, 5.74) is 3.46. The minimum absolute atomic E-state index is 0.106. The molecule has 1 aliphatic rings. The molecule has 0 bridgehead atoms. The summed E-state index contributed by atoms with van der Waals surface area (Å²) in [6, 6.07) is 6.50. The molecule has 0 spiro atoms. The number of ether oxygens (including phenoxy) is 1. The summed E-state index contributed by atoms with van der Waals surface area (Å²) in [4.78, 5) is 4.74. The van der Waals surface area contributed by atoms with E-state index in [-0.39, 0.29) is 17.5 Å². The molecule has 1 aromatic heterocycles. The molecule has 4 heteroatoms. The van der Waals surface area contributed by atoms with Crippen LogP contribution in [0.2, 0.25) is 0 Å². The van der Waals surface area contributed by atoms with Gasteiger partial charge in [-0.15, -0.1) is 11.6 Å². The number of nitrogens with zero attached hydrogens (tertiary/aromatic N) is 2. The topological polar surface area (TPSA) is 27.1 Å². The van der Waals surface area contributed by atoms with Crippen LogP contribution in [0.3, 0.4) is 0 Å². The molecule has 2 heterocycles. The van der Waals surface area contributed by atoms with Crippen LogP contribution in [0.5, 0.6) is 0 Å². The first-order valence-electron chi connectivity index (χ1n) is 7.32. The SMILES string of the molecule is Cc1cccc2nc(C(C)Cl)n(C(C)C3CCCO3)c12. The van der Waals surface area contributed by atoms with E-state index in [0.29, 0.717) is 0 Å². The van der Waals surface area contributed by atoms with Gasteiger partial charge in [-0.3, -0.25) is 0 Å². The van der Waals surface area contributed by atoms with Gasteiger partial charge in [0.1, 0.15) is 5.82 Å². The second kappa shape index (κ2) is 5.38. The smallest absolute Gasteiger partial charge is 0.128 e. The van der Waals surface area contributed by atoms with Crippen molar-refractivity contribution in [2.75, 3.05) is 6.61 Å². The van der Waals surface area contributed by atoms with Crippen LogP contribution < -0.4 is 0 Å². The highest BCUT2D eigenvalue weighted by Gasteiger charge is 2.28. The van der Waals surface area contributed by atoms with Gasteiger partial charge in [-0.05, 0) is 45.2 Å². The van der Waals surface area contributed by atoms with Gasteiger partial charge >= 0.3 is 0 Å². The molecule has 0 aliphatic carbocycles. The summed E-state index contributed by atoms with van der Waals surface area (Å²) in [6.45, 7) is 7.20. The Morgan fingerprint density at radius 3 is 2.85 bits per heavy atom. The van der Waals surface area contributed by atoms with Crippen molar-refractivity contribution in [2.24, 2.45) is 0 Å². The zero-order valence-electron chi connectivity index (χ0n) is 12.3. The lowest BCUT2D eigenvalue weighted by Crippen LogP contribution is -2.23. The lowest BCUT2D eigenvalue weighted by molar-refractivity contribution is 0.0736. The highest BCUT2D eigenvalue weighted by atomic mass is 35.5. The normalized spacial score (nSPS) is 22.3. The minimum Gasteiger partial charge on any atom is -0.376 e. The van der Waals surface area contributed by atoms with Crippen LogP contribution in [0.1, 0.15) is 49.5 Å². The van der Waals surface area contributed by atoms with Crippen molar-refractivity contribution in [2.45, 2.75) is 51.1 Å². The number of hydrogen-bond donors (Lipinski definition) is 0. The predicted molar refractivity (Wildman–Crippen MR) is 82.4 cm³/mol. The first-order valence-corrected chi connectivity index (χ1v) is 7.76. The Kier molecular flexibility index (Phi) is 3.74. The zero-order valence-corrected chi connectivity index (χ0v) is 13.0. The van der Waals surface area contributed by atoms with Crippen molar-refractivity contribution in [3.63, 3.8) is 0 Å². The molecule has 0 radical (unpaired) electrons. The van der Waals surface area contributed by atoms with Crippen molar-refractivity contribution in [3.8, 4) is 0 Å². The number of aromatic nitrogens is 2. The molecule has 1 aromatic carbocycles. The molecule has 20 heavy (non-hydrogen) atoms. The number of imidazole rings is 1. The van der Waals surface area contributed by atoms with Gasteiger partial charge < -0.3 is 9.30 Å². The molecule has 0 saturated carbocycles. The van der Waals surface area contributed by atoms with Crippen molar-refractivity contribution in [1.29, 1.82) is 0 Å². The fourth-order valence-corrected chi connectivity index (χ4v) is 3.34. The highest BCUT2D eigenvalue weighted by molar-refractivity contribution is 6.20. The molecule has 2 aromatic rings. The standard InChI is InChI=1S/C16H21ClN2O/c1-10-6-4-7-13-15(10)19(16(18-13)11(2)17)12(3)14-8-5-9-20-14/h4,6-7,11-12,14H,5,8-9H2,1-3H3. The van der Waals surface area contributed by atoms with E-state index in [2.05, 4.69) is 36.6 Å². The average molecular weight is 293 g/mol. The molecule has 3 atom stereocenters. The average Bonchev–Trinajstić information content (AvgIpc) is 3.06. The van der Waals surface area contributed by atoms with Crippen LogP contribution in [-0.2, 0) is 4.74 Å². The lowest BCUT2D eigenvalue weighted by Gasteiger charge is -2.24. The van der Waals surface area contributed by atoms with E-state index < -0.39 is 0 Å². The fraction of sp³-hybridized carbons (Fsp3) is 0.562. The number of alkyl halides is 1. The highest BCUT2D eigenvalue weighted by Crippen LogP contribution is 2.33. The van der Waals surface area contributed by atoms with Crippen LogP contribution in [-0.4, -0.2) is 22.3 Å². The van der Waals surface area contributed by atoms with Gasteiger partial charge in [-0.25, -0.2) is 4.98 Å². The maximum absolute atomic E-state index is 6.36. The van der Waals surface area contributed by atoms with E-state index in [1.807, 2.05) is 6.92 Å². The first-order chi connectivity index (χ1) is 9.59. The van der Waals surface area contributed by atoms with E-state index >= 15 is 0 Å². The molecule has 3 rings (SSSR count). The first kappa shape index (κ1) is 13.9. The van der Waals surface area contributed by atoms with Crippen molar-refractivity contribution >= 4 is 22.6 Å². The largest absolute Gasteiger partial charge is 0.376 e. The Morgan fingerprint density at radius 2 is 2.20 bits per heavy atom. The van der Waals surface area contributed by atoms with Crippen LogP contribution in [0, 0.1) is 6.92 Å². The quantitative estimate of drug-likeness (QED) is 0.785. The van der Waals surface area contributed by atoms with Gasteiger partial charge in [-0.2, -0.15) is 0 Å². The molecule has 3 unspecified atom stereocenters. The number of fused-ring (bicyclic) bond motifs is 1. The predicted octanol–water partition coefficient (Wildman–Crippen LogP) is 4.38. The van der Waals surface area contributed by atoms with E-state index in [1.54, 1.807) is 0 Å². The Balaban J connectivity index is 2.17. The third-order valence-corrected chi connectivity index (χ3v) is 4.40. The second-order valence-electron chi connectivity index (χ2n) is 5.69. The molecule has 1 saturated heterocycles. The fourth-order valence-electron chi connectivity index (χ4n) is 3.18. The summed E-state index contributed by atoms with van der Waals surface area (Å²) in [7, 11) is 0. The van der Waals surface area contributed by atoms with Crippen LogP contribution in [0.4, 0.5) is 0 Å². The number of aryl methyl sites for hydroxylation is 1. The summed E-state index contributed by atoms with van der Waals surface area (Å²) in [5, 5.41) is -0.106. The van der Waals surface area contributed by atoms with Crippen LogP contribution in [0.15, 0.2) is 18.2 Å². The summed E-state index contributed by atoms with van der Waals surface area (Å²) >= 11 is 6.36. The summed E-state index contributed by atoms with van der Waals surface area (Å²) in [5.74, 6) is 0.943.